The van der Waals surface area contributed by atoms with Gasteiger partial charge in [-0.2, -0.15) is 5.10 Å². The molecule has 0 saturated carbocycles. The fourth-order valence-corrected chi connectivity index (χ4v) is 2.60. The molecule has 24 heavy (non-hydrogen) atoms. The first-order valence-corrected chi connectivity index (χ1v) is 8.67. The lowest BCUT2D eigenvalue weighted by Crippen LogP contribution is -2.03. The Balaban J connectivity index is 1.84. The molecule has 3 rings (SSSR count). The van der Waals surface area contributed by atoms with Crippen molar-refractivity contribution in [3.8, 4) is 11.4 Å². The molecule has 2 aromatic carbocycles. The van der Waals surface area contributed by atoms with Crippen molar-refractivity contribution in [2.75, 3.05) is 5.43 Å². The highest BCUT2D eigenvalue weighted by molar-refractivity contribution is 14.1. The second-order valence-electron chi connectivity index (χ2n) is 5.40. The molecule has 0 amide bonds. The second kappa shape index (κ2) is 7.53. The molecule has 0 unspecified atom stereocenters. The molecule has 0 spiro atoms. The predicted molar refractivity (Wildman–Crippen MR) is 107 cm³/mol. The van der Waals surface area contributed by atoms with Gasteiger partial charge < -0.3 is 0 Å². The van der Waals surface area contributed by atoms with Crippen LogP contribution in [0.5, 0.6) is 0 Å². The Kier molecular flexibility index (Phi) is 5.20. The number of hydrogen-bond donors (Lipinski definition) is 1. The van der Waals surface area contributed by atoms with Gasteiger partial charge in [0.05, 0.1) is 5.71 Å². The van der Waals surface area contributed by atoms with Gasteiger partial charge in [0, 0.05) is 20.9 Å². The van der Waals surface area contributed by atoms with Gasteiger partial charge in [-0.05, 0) is 54.1 Å². The molecule has 0 saturated heterocycles. The van der Waals surface area contributed by atoms with E-state index in [0.29, 0.717) is 11.6 Å². The molecule has 0 aliphatic heterocycles. The van der Waals surface area contributed by atoms with Crippen molar-refractivity contribution in [1.29, 1.82) is 0 Å². The summed E-state index contributed by atoms with van der Waals surface area (Å²) in [5.41, 5.74) is 6.92. The number of aryl methyl sites for hydroxylation is 1. The molecule has 4 nitrogen and oxygen atoms in total. The summed E-state index contributed by atoms with van der Waals surface area (Å²) >= 11 is 2.29. The van der Waals surface area contributed by atoms with E-state index in [-0.39, 0.29) is 0 Å². The maximum atomic E-state index is 4.55. The summed E-state index contributed by atoms with van der Waals surface area (Å²) in [4.78, 5) is 9.05. The third kappa shape index (κ3) is 4.17. The standard InChI is InChI=1S/C19H17IN4/c1-13-12-18(22-19(21-13)16-6-4-3-5-7-16)24-23-14(2)15-8-10-17(20)11-9-15/h3-12H,1-2H3,(H,21,22,24). The minimum atomic E-state index is 0.686. The maximum Gasteiger partial charge on any atom is 0.161 e. The van der Waals surface area contributed by atoms with Crippen molar-refractivity contribution in [2.45, 2.75) is 13.8 Å². The summed E-state index contributed by atoms with van der Waals surface area (Å²) in [5.74, 6) is 1.38. The van der Waals surface area contributed by atoms with E-state index in [0.717, 1.165) is 22.5 Å². The summed E-state index contributed by atoms with van der Waals surface area (Å²) in [7, 11) is 0. The molecule has 5 heteroatoms. The number of rotatable bonds is 4. The zero-order chi connectivity index (χ0) is 16.9. The summed E-state index contributed by atoms with van der Waals surface area (Å²) in [6, 6.07) is 20.1. The monoisotopic (exact) mass is 428 g/mol. The van der Waals surface area contributed by atoms with Crippen LogP contribution in [0.15, 0.2) is 65.8 Å². The zero-order valence-corrected chi connectivity index (χ0v) is 15.7. The largest absolute Gasteiger partial charge is 0.261 e. The predicted octanol–water partition coefficient (Wildman–Crippen LogP) is 4.89. The first-order chi connectivity index (χ1) is 11.6. The van der Waals surface area contributed by atoms with Gasteiger partial charge in [-0.1, -0.05) is 42.5 Å². The average Bonchev–Trinajstić information content (AvgIpc) is 2.60. The van der Waals surface area contributed by atoms with Crippen LogP contribution < -0.4 is 5.43 Å². The Morgan fingerprint density at radius 3 is 2.42 bits per heavy atom. The third-order valence-corrected chi connectivity index (χ3v) is 4.21. The summed E-state index contributed by atoms with van der Waals surface area (Å²) in [6.45, 7) is 3.93. The Labute approximate surface area is 155 Å². The summed E-state index contributed by atoms with van der Waals surface area (Å²) in [6.07, 6.45) is 0. The van der Waals surface area contributed by atoms with Crippen LogP contribution in [0.2, 0.25) is 0 Å². The fraction of sp³-hybridized carbons (Fsp3) is 0.105. The molecule has 120 valence electrons. The first-order valence-electron chi connectivity index (χ1n) is 7.59. The van der Waals surface area contributed by atoms with Crippen LogP contribution in [0.25, 0.3) is 11.4 Å². The van der Waals surface area contributed by atoms with Crippen LogP contribution >= 0.6 is 22.6 Å². The number of nitrogens with one attached hydrogen (secondary N) is 1. The van der Waals surface area contributed by atoms with Crippen LogP contribution in [-0.4, -0.2) is 15.7 Å². The van der Waals surface area contributed by atoms with E-state index in [1.807, 2.05) is 50.2 Å². The number of nitrogens with zero attached hydrogens (tertiary/aromatic N) is 3. The van der Waals surface area contributed by atoms with E-state index in [1.54, 1.807) is 0 Å². The molecule has 1 aromatic heterocycles. The van der Waals surface area contributed by atoms with Crippen LogP contribution in [0.4, 0.5) is 5.82 Å². The van der Waals surface area contributed by atoms with Crippen molar-refractivity contribution in [3.05, 3.63) is 75.5 Å². The van der Waals surface area contributed by atoms with Crippen molar-refractivity contribution in [1.82, 2.24) is 9.97 Å². The van der Waals surface area contributed by atoms with Gasteiger partial charge in [-0.15, -0.1) is 0 Å². The average molecular weight is 428 g/mol. The molecule has 0 fully saturated rings. The number of benzene rings is 2. The lowest BCUT2D eigenvalue weighted by molar-refractivity contribution is 1.09. The Hall–Kier alpha value is -2.28. The van der Waals surface area contributed by atoms with E-state index in [9.17, 15) is 0 Å². The van der Waals surface area contributed by atoms with Gasteiger partial charge in [0.2, 0.25) is 0 Å². The lowest BCUT2D eigenvalue weighted by Gasteiger charge is -2.07. The minimum absolute atomic E-state index is 0.686. The van der Waals surface area contributed by atoms with Crippen molar-refractivity contribution in [3.63, 3.8) is 0 Å². The van der Waals surface area contributed by atoms with E-state index < -0.39 is 0 Å². The Bertz CT molecular complexity index is 858. The highest BCUT2D eigenvalue weighted by Gasteiger charge is 2.04. The van der Waals surface area contributed by atoms with E-state index in [4.69, 9.17) is 0 Å². The molecular weight excluding hydrogens is 411 g/mol. The topological polar surface area (TPSA) is 50.2 Å². The third-order valence-electron chi connectivity index (χ3n) is 3.49. The molecule has 3 aromatic rings. The molecule has 0 aliphatic carbocycles. The fourth-order valence-electron chi connectivity index (χ4n) is 2.24. The van der Waals surface area contributed by atoms with Crippen LogP contribution in [0.1, 0.15) is 18.2 Å². The number of hydrogen-bond acceptors (Lipinski definition) is 4. The molecule has 0 atom stereocenters. The molecule has 1 N–H and O–H groups in total. The van der Waals surface area contributed by atoms with Gasteiger partial charge in [0.15, 0.2) is 11.6 Å². The highest BCUT2D eigenvalue weighted by Crippen LogP contribution is 2.17. The lowest BCUT2D eigenvalue weighted by atomic mass is 10.1. The van der Waals surface area contributed by atoms with Crippen LogP contribution in [0, 0.1) is 10.5 Å². The van der Waals surface area contributed by atoms with Crippen LogP contribution in [-0.2, 0) is 0 Å². The quantitative estimate of drug-likeness (QED) is 0.366. The Morgan fingerprint density at radius 1 is 1.00 bits per heavy atom. The van der Waals surface area contributed by atoms with Gasteiger partial charge in [-0.3, -0.25) is 5.43 Å². The van der Waals surface area contributed by atoms with Gasteiger partial charge in [0.1, 0.15) is 0 Å². The zero-order valence-electron chi connectivity index (χ0n) is 13.5. The van der Waals surface area contributed by atoms with Crippen LogP contribution in [0.3, 0.4) is 0 Å². The van der Waals surface area contributed by atoms with Gasteiger partial charge in [-0.25, -0.2) is 9.97 Å². The molecule has 0 radical (unpaired) electrons. The van der Waals surface area contributed by atoms with Crippen molar-refractivity contribution < 1.29 is 0 Å². The highest BCUT2D eigenvalue weighted by atomic mass is 127. The van der Waals surface area contributed by atoms with E-state index in [1.165, 1.54) is 3.57 Å². The number of hydrazone groups is 1. The van der Waals surface area contributed by atoms with Crippen molar-refractivity contribution in [2.24, 2.45) is 5.10 Å². The summed E-state index contributed by atoms with van der Waals surface area (Å²) < 4.78 is 1.20. The van der Waals surface area contributed by atoms with Crippen molar-refractivity contribution >= 4 is 34.1 Å². The molecule has 1 heterocycles. The van der Waals surface area contributed by atoms with Gasteiger partial charge in [0.25, 0.3) is 0 Å². The Morgan fingerprint density at radius 2 is 1.71 bits per heavy atom. The first kappa shape index (κ1) is 16.6. The van der Waals surface area contributed by atoms with E-state index >= 15 is 0 Å². The normalized spacial score (nSPS) is 11.4. The minimum Gasteiger partial charge on any atom is -0.261 e. The maximum absolute atomic E-state index is 4.55. The smallest absolute Gasteiger partial charge is 0.161 e. The molecule has 0 bridgehead atoms. The molecule has 0 aliphatic rings. The van der Waals surface area contributed by atoms with Gasteiger partial charge >= 0.3 is 0 Å². The number of halogens is 1. The second-order valence-corrected chi connectivity index (χ2v) is 6.65. The number of anilines is 1. The molecular formula is C19H17IN4. The number of aromatic nitrogens is 2. The summed E-state index contributed by atoms with van der Waals surface area (Å²) in [5, 5.41) is 4.44. The van der Waals surface area contributed by atoms with E-state index in [2.05, 4.69) is 67.4 Å². The SMILES string of the molecule is CC(=NNc1cc(C)nc(-c2ccccc2)n1)c1ccc(I)cc1.